The summed E-state index contributed by atoms with van der Waals surface area (Å²) in [5.74, 6) is 1.28. The van der Waals surface area contributed by atoms with Gasteiger partial charge in [0.2, 0.25) is 0 Å². The normalized spacial score (nSPS) is 23.0. The first kappa shape index (κ1) is 17.7. The van der Waals surface area contributed by atoms with Crippen molar-refractivity contribution in [1.29, 1.82) is 0 Å². The minimum atomic E-state index is 0.0757. The van der Waals surface area contributed by atoms with Crippen molar-refractivity contribution in [3.05, 3.63) is 63.9 Å². The Kier molecular flexibility index (Phi) is 5.10. The second kappa shape index (κ2) is 7.50. The molecule has 26 heavy (non-hydrogen) atoms. The zero-order valence-electron chi connectivity index (χ0n) is 15.0. The number of carbonyl (C=O) groups is 1. The molecule has 136 valence electrons. The Balaban J connectivity index is 1.50. The lowest BCUT2D eigenvalue weighted by Gasteiger charge is -2.28. The van der Waals surface area contributed by atoms with Crippen LogP contribution in [-0.2, 0) is 6.54 Å². The first-order valence-electron chi connectivity index (χ1n) is 9.66. The van der Waals surface area contributed by atoms with Crippen LogP contribution in [0.1, 0.15) is 77.7 Å². The van der Waals surface area contributed by atoms with Crippen LogP contribution >= 0.6 is 11.6 Å². The molecule has 1 heterocycles. The predicted molar refractivity (Wildman–Crippen MR) is 105 cm³/mol. The summed E-state index contributed by atoms with van der Waals surface area (Å²) in [5, 5.41) is 0.843. The van der Waals surface area contributed by atoms with Gasteiger partial charge < -0.3 is 5.73 Å². The highest BCUT2D eigenvalue weighted by Gasteiger charge is 2.34. The molecule has 2 N–H and O–H groups in total. The highest BCUT2D eigenvalue weighted by molar-refractivity contribution is 6.31. The van der Waals surface area contributed by atoms with E-state index in [9.17, 15) is 4.79 Å². The van der Waals surface area contributed by atoms with Gasteiger partial charge in [-0.2, -0.15) is 0 Å². The van der Waals surface area contributed by atoms with Crippen molar-refractivity contribution in [1.82, 2.24) is 4.98 Å². The largest absolute Gasteiger partial charge is 0.325 e. The van der Waals surface area contributed by atoms with E-state index >= 15 is 0 Å². The maximum absolute atomic E-state index is 13.2. The molecule has 2 aromatic rings. The fourth-order valence-electron chi connectivity index (χ4n) is 4.21. The van der Waals surface area contributed by atoms with E-state index in [-0.39, 0.29) is 11.7 Å². The number of hydrogen-bond donors (Lipinski definition) is 1. The molecule has 0 aliphatic heterocycles. The Morgan fingerprint density at radius 2 is 1.62 bits per heavy atom. The van der Waals surface area contributed by atoms with Crippen LogP contribution in [0.2, 0.25) is 5.02 Å². The predicted octanol–water partition coefficient (Wildman–Crippen LogP) is 5.23. The summed E-state index contributed by atoms with van der Waals surface area (Å²) in [6.45, 7) is 0.379. The molecule has 1 aromatic carbocycles. The van der Waals surface area contributed by atoms with E-state index in [0.717, 1.165) is 42.0 Å². The van der Waals surface area contributed by atoms with Crippen molar-refractivity contribution in [2.75, 3.05) is 0 Å². The number of benzene rings is 1. The summed E-state index contributed by atoms with van der Waals surface area (Å²) < 4.78 is 0. The fraction of sp³-hybridized carbons (Fsp3) is 0.455. The average Bonchev–Trinajstić information content (AvgIpc) is 3.53. The smallest absolute Gasteiger partial charge is 0.184 e. The van der Waals surface area contributed by atoms with E-state index < -0.39 is 0 Å². The van der Waals surface area contributed by atoms with Crippen molar-refractivity contribution in [2.45, 2.75) is 56.9 Å². The molecule has 0 atom stereocenters. The summed E-state index contributed by atoms with van der Waals surface area (Å²) >= 11 is 6.36. The van der Waals surface area contributed by atoms with Crippen LogP contribution in [0.4, 0.5) is 0 Å². The van der Waals surface area contributed by atoms with Crippen molar-refractivity contribution in [2.24, 2.45) is 11.7 Å². The van der Waals surface area contributed by atoms with Crippen LogP contribution in [0.25, 0.3) is 0 Å². The number of nitrogens with zero attached hydrogens (tertiary/aromatic N) is 1. The molecular formula is C22H25ClN2O. The molecule has 2 aliphatic rings. The zero-order chi connectivity index (χ0) is 18.1. The number of ketones is 1. The third kappa shape index (κ3) is 3.56. The van der Waals surface area contributed by atoms with Gasteiger partial charge in [0.15, 0.2) is 5.78 Å². The third-order valence-electron chi connectivity index (χ3n) is 5.89. The molecule has 3 nitrogen and oxygen atoms in total. The third-order valence-corrected chi connectivity index (χ3v) is 6.23. The topological polar surface area (TPSA) is 56.0 Å². The van der Waals surface area contributed by atoms with E-state index in [4.69, 9.17) is 17.3 Å². The van der Waals surface area contributed by atoms with E-state index in [0.29, 0.717) is 24.1 Å². The van der Waals surface area contributed by atoms with Crippen molar-refractivity contribution >= 4 is 17.4 Å². The summed E-state index contributed by atoms with van der Waals surface area (Å²) in [6, 6.07) is 12.1. The molecule has 1 aromatic heterocycles. The molecule has 2 fully saturated rings. The molecule has 0 bridgehead atoms. The molecule has 0 amide bonds. The van der Waals surface area contributed by atoms with Gasteiger partial charge in [-0.05, 0) is 73.6 Å². The first-order valence-corrected chi connectivity index (χ1v) is 10.0. The Bertz CT molecular complexity index is 808. The number of halogens is 1. The maximum Gasteiger partial charge on any atom is 0.184 e. The van der Waals surface area contributed by atoms with Gasteiger partial charge in [-0.1, -0.05) is 35.9 Å². The lowest BCUT2D eigenvalue weighted by atomic mass is 9.76. The zero-order valence-corrected chi connectivity index (χ0v) is 15.7. The summed E-state index contributed by atoms with van der Waals surface area (Å²) in [7, 11) is 0. The molecule has 4 rings (SSSR count). The number of hydrogen-bond acceptors (Lipinski definition) is 3. The summed E-state index contributed by atoms with van der Waals surface area (Å²) in [5.41, 5.74) is 9.61. The second-order valence-electron chi connectivity index (χ2n) is 7.65. The number of carbonyl (C=O) groups excluding carboxylic acids is 1. The van der Waals surface area contributed by atoms with E-state index in [1.807, 2.05) is 24.3 Å². The standard InChI is InChI=1S/C22H25ClN2O/c23-20-4-2-1-3-18(20)14-7-9-16(10-8-14)22(26)21-19(15-5-6-15)12-11-17(13-24)25-21/h1-4,11-12,14-16H,5-10,13,24H2. The lowest BCUT2D eigenvalue weighted by molar-refractivity contribution is 0.0877. The van der Waals surface area contributed by atoms with Crippen LogP contribution in [0, 0.1) is 5.92 Å². The molecule has 0 radical (unpaired) electrons. The summed E-state index contributed by atoms with van der Waals surface area (Å²) in [6.07, 6.45) is 6.18. The Labute approximate surface area is 160 Å². The van der Waals surface area contributed by atoms with Gasteiger partial charge in [0, 0.05) is 17.5 Å². The first-order chi connectivity index (χ1) is 12.7. The summed E-state index contributed by atoms with van der Waals surface area (Å²) in [4.78, 5) is 17.8. The monoisotopic (exact) mass is 368 g/mol. The van der Waals surface area contributed by atoms with Crippen LogP contribution in [0.3, 0.4) is 0 Å². The molecular weight excluding hydrogens is 344 g/mol. The minimum absolute atomic E-state index is 0.0757. The number of rotatable bonds is 5. The Morgan fingerprint density at radius 3 is 2.27 bits per heavy atom. The van der Waals surface area contributed by atoms with E-state index in [2.05, 4.69) is 17.1 Å². The van der Waals surface area contributed by atoms with Crippen LogP contribution < -0.4 is 5.73 Å². The molecule has 2 saturated carbocycles. The molecule has 0 unspecified atom stereocenters. The van der Waals surface area contributed by atoms with Gasteiger partial charge in [-0.3, -0.25) is 4.79 Å². The van der Waals surface area contributed by atoms with E-state index in [1.165, 1.54) is 18.4 Å². The van der Waals surface area contributed by atoms with Crippen LogP contribution in [0.15, 0.2) is 36.4 Å². The number of pyridine rings is 1. The molecule has 4 heteroatoms. The maximum atomic E-state index is 13.2. The van der Waals surface area contributed by atoms with Gasteiger partial charge in [0.1, 0.15) is 5.69 Å². The van der Waals surface area contributed by atoms with E-state index in [1.54, 1.807) is 0 Å². The van der Waals surface area contributed by atoms with Crippen molar-refractivity contribution in [3.63, 3.8) is 0 Å². The molecule has 0 spiro atoms. The molecule has 0 saturated heterocycles. The van der Waals surface area contributed by atoms with Gasteiger partial charge in [-0.15, -0.1) is 0 Å². The quantitative estimate of drug-likeness (QED) is 0.735. The van der Waals surface area contributed by atoms with Crippen molar-refractivity contribution in [3.8, 4) is 0 Å². The SMILES string of the molecule is NCc1ccc(C2CC2)c(C(=O)C2CCC(c3ccccc3Cl)CC2)n1. The van der Waals surface area contributed by atoms with Crippen LogP contribution in [0.5, 0.6) is 0 Å². The van der Waals surface area contributed by atoms with Gasteiger partial charge in [-0.25, -0.2) is 4.98 Å². The second-order valence-corrected chi connectivity index (χ2v) is 8.06. The molecule has 2 aliphatic carbocycles. The Morgan fingerprint density at radius 1 is 0.962 bits per heavy atom. The van der Waals surface area contributed by atoms with Gasteiger partial charge >= 0.3 is 0 Å². The average molecular weight is 369 g/mol. The number of nitrogens with two attached hydrogens (primary N) is 1. The van der Waals surface area contributed by atoms with Crippen LogP contribution in [-0.4, -0.2) is 10.8 Å². The van der Waals surface area contributed by atoms with Gasteiger partial charge in [0.25, 0.3) is 0 Å². The number of Topliss-reactive ketones (excluding diaryl/α,β-unsaturated/α-hetero) is 1. The highest BCUT2D eigenvalue weighted by Crippen LogP contribution is 2.43. The fourth-order valence-corrected chi connectivity index (χ4v) is 4.50. The Hall–Kier alpha value is -1.71. The lowest BCUT2D eigenvalue weighted by Crippen LogP contribution is -2.24. The van der Waals surface area contributed by atoms with Crippen molar-refractivity contribution < 1.29 is 4.79 Å². The van der Waals surface area contributed by atoms with Gasteiger partial charge in [0.05, 0.1) is 5.69 Å². The minimum Gasteiger partial charge on any atom is -0.325 e. The highest BCUT2D eigenvalue weighted by atomic mass is 35.5. The number of aromatic nitrogens is 1.